The van der Waals surface area contributed by atoms with E-state index in [0.29, 0.717) is 18.9 Å². The molecule has 3 rings (SSSR count). The molecule has 6 unspecified atom stereocenters. The Morgan fingerprint density at radius 2 is 2.00 bits per heavy atom. The molecule has 12 heteroatoms. The molecule has 0 aromatic rings. The molecule has 6 atom stereocenters. The number of carbonyl (C=O) groups is 4. The van der Waals surface area contributed by atoms with Crippen LogP contribution in [0.25, 0.3) is 0 Å². The lowest BCUT2D eigenvalue weighted by Gasteiger charge is -2.31. The molecule has 0 bridgehead atoms. The Hall–Kier alpha value is -1.50. The van der Waals surface area contributed by atoms with Gasteiger partial charge in [-0.05, 0) is 31.4 Å². The highest BCUT2D eigenvalue weighted by Crippen LogP contribution is 2.34. The van der Waals surface area contributed by atoms with Gasteiger partial charge >= 0.3 is 6.09 Å². The van der Waals surface area contributed by atoms with Crippen LogP contribution in [0.1, 0.15) is 26.7 Å². The van der Waals surface area contributed by atoms with E-state index < -0.39 is 23.3 Å². The molecule has 0 aromatic heterocycles. The van der Waals surface area contributed by atoms with E-state index in [1.807, 2.05) is 0 Å². The fraction of sp³-hybridized carbons (Fsp3) is 0.778. The zero-order chi connectivity index (χ0) is 21.7. The van der Waals surface area contributed by atoms with E-state index in [-0.39, 0.29) is 35.2 Å². The second-order valence-corrected chi connectivity index (χ2v) is 10.1. The summed E-state index contributed by atoms with van der Waals surface area (Å²) < 4.78 is 4.75. The van der Waals surface area contributed by atoms with Gasteiger partial charge in [-0.15, -0.1) is 23.5 Å². The van der Waals surface area contributed by atoms with E-state index >= 15 is 0 Å². The number of piperidine rings is 1. The highest BCUT2D eigenvalue weighted by atomic mass is 32.2. The normalized spacial score (nSPS) is 32.7. The van der Waals surface area contributed by atoms with Crippen LogP contribution >= 0.6 is 23.5 Å². The molecular formula is C18H29N5O5S2. The van der Waals surface area contributed by atoms with Crippen molar-refractivity contribution < 1.29 is 23.9 Å². The molecule has 10 nitrogen and oxygen atoms in total. The number of hydrogen-bond donors (Lipinski definition) is 5. The standard InChI is InChI=1S/C18H29N5O5S2/c1-3-28-18(27)23-13(25)11-4-5-29-15(11)22-14(26)17-21-12-6-10(7-19-9(2)24)8-20-16(12)30-17/h10-12,15-17,20-21H,3-8H2,1-2H3,(H,19,24)(H,22,26)(H,23,25,27). The maximum atomic E-state index is 12.8. The van der Waals surface area contributed by atoms with Crippen molar-refractivity contribution in [2.45, 2.75) is 48.9 Å². The lowest BCUT2D eigenvalue weighted by atomic mass is 9.95. The minimum absolute atomic E-state index is 0.0428. The van der Waals surface area contributed by atoms with Gasteiger partial charge in [0.2, 0.25) is 17.7 Å². The summed E-state index contributed by atoms with van der Waals surface area (Å²) in [6.07, 6.45) is 0.697. The number of nitrogens with one attached hydrogen (secondary N) is 5. The summed E-state index contributed by atoms with van der Waals surface area (Å²) in [6.45, 7) is 4.76. The van der Waals surface area contributed by atoms with Crippen molar-refractivity contribution in [2.75, 3.05) is 25.4 Å². The summed E-state index contributed by atoms with van der Waals surface area (Å²) in [6, 6.07) is 0.136. The molecule has 3 fully saturated rings. The smallest absolute Gasteiger partial charge is 0.413 e. The summed E-state index contributed by atoms with van der Waals surface area (Å²) in [7, 11) is 0. The van der Waals surface area contributed by atoms with Crippen molar-refractivity contribution in [2.24, 2.45) is 11.8 Å². The van der Waals surface area contributed by atoms with Gasteiger partial charge in [0.1, 0.15) is 5.37 Å². The van der Waals surface area contributed by atoms with Crippen LogP contribution in [0.3, 0.4) is 0 Å². The Labute approximate surface area is 184 Å². The summed E-state index contributed by atoms with van der Waals surface area (Å²) in [5.41, 5.74) is 0. The lowest BCUT2D eigenvalue weighted by molar-refractivity contribution is -0.125. The van der Waals surface area contributed by atoms with Crippen molar-refractivity contribution in [1.82, 2.24) is 26.6 Å². The van der Waals surface area contributed by atoms with Crippen molar-refractivity contribution >= 4 is 47.3 Å². The van der Waals surface area contributed by atoms with Crippen molar-refractivity contribution in [3.63, 3.8) is 0 Å². The van der Waals surface area contributed by atoms with Crippen LogP contribution in [0.2, 0.25) is 0 Å². The Kier molecular flexibility index (Phi) is 8.26. The first-order valence-corrected chi connectivity index (χ1v) is 12.2. The number of thioether (sulfide) groups is 2. The second kappa shape index (κ2) is 10.7. The molecule has 3 aliphatic heterocycles. The predicted molar refractivity (Wildman–Crippen MR) is 115 cm³/mol. The number of alkyl carbamates (subject to hydrolysis) is 1. The fourth-order valence-corrected chi connectivity index (χ4v) is 6.47. The molecular weight excluding hydrogens is 430 g/mol. The minimum atomic E-state index is -0.763. The topological polar surface area (TPSA) is 138 Å². The average Bonchev–Trinajstić information content (AvgIpc) is 3.32. The Morgan fingerprint density at radius 3 is 2.73 bits per heavy atom. The fourth-order valence-electron chi connectivity index (χ4n) is 3.83. The third kappa shape index (κ3) is 6.02. The van der Waals surface area contributed by atoms with Crippen LogP contribution in [0.4, 0.5) is 4.79 Å². The van der Waals surface area contributed by atoms with Gasteiger partial charge in [-0.1, -0.05) is 0 Å². The third-order valence-electron chi connectivity index (χ3n) is 5.30. The summed E-state index contributed by atoms with van der Waals surface area (Å²) >= 11 is 3.04. The summed E-state index contributed by atoms with van der Waals surface area (Å²) in [4.78, 5) is 47.8. The zero-order valence-electron chi connectivity index (χ0n) is 17.1. The van der Waals surface area contributed by atoms with E-state index in [4.69, 9.17) is 4.74 Å². The number of rotatable bonds is 6. The van der Waals surface area contributed by atoms with E-state index in [1.165, 1.54) is 30.4 Å². The highest BCUT2D eigenvalue weighted by Gasteiger charge is 2.43. The summed E-state index contributed by atoms with van der Waals surface area (Å²) in [5, 5.41) is 14.2. The first-order chi connectivity index (χ1) is 14.4. The predicted octanol–water partition coefficient (Wildman–Crippen LogP) is -0.443. The molecule has 0 aromatic carbocycles. The molecule has 4 amide bonds. The molecule has 0 saturated carbocycles. The second-order valence-electron chi connectivity index (χ2n) is 7.56. The van der Waals surface area contributed by atoms with Crippen LogP contribution in [0.5, 0.6) is 0 Å². The molecule has 0 spiro atoms. The SMILES string of the molecule is CCOC(=O)NC(=O)C1CCSC1NC(=O)C1NC2CC(CNC(C)=O)CNC2S1. The zero-order valence-corrected chi connectivity index (χ0v) is 18.7. The average molecular weight is 460 g/mol. The number of amides is 4. The molecule has 0 aliphatic carbocycles. The number of ether oxygens (including phenoxy) is 1. The number of hydrogen-bond acceptors (Lipinski definition) is 9. The van der Waals surface area contributed by atoms with E-state index in [9.17, 15) is 19.2 Å². The van der Waals surface area contributed by atoms with Crippen molar-refractivity contribution in [1.29, 1.82) is 0 Å². The van der Waals surface area contributed by atoms with Crippen LogP contribution < -0.4 is 26.6 Å². The van der Waals surface area contributed by atoms with Crippen molar-refractivity contribution in [3.8, 4) is 0 Å². The van der Waals surface area contributed by atoms with E-state index in [1.54, 1.807) is 6.92 Å². The van der Waals surface area contributed by atoms with Crippen LogP contribution in [-0.2, 0) is 19.1 Å². The van der Waals surface area contributed by atoms with Gasteiger partial charge in [-0.25, -0.2) is 4.79 Å². The van der Waals surface area contributed by atoms with E-state index in [2.05, 4.69) is 26.6 Å². The number of imide groups is 1. The summed E-state index contributed by atoms with van der Waals surface area (Å²) in [5.74, 6) is -0.0634. The van der Waals surface area contributed by atoms with Gasteiger partial charge in [-0.3, -0.25) is 25.0 Å². The Morgan fingerprint density at radius 1 is 1.20 bits per heavy atom. The van der Waals surface area contributed by atoms with Gasteiger partial charge in [-0.2, -0.15) is 0 Å². The largest absolute Gasteiger partial charge is 0.450 e. The number of carbonyl (C=O) groups excluding carboxylic acids is 4. The minimum Gasteiger partial charge on any atom is -0.450 e. The molecule has 0 radical (unpaired) electrons. The monoisotopic (exact) mass is 459 g/mol. The Bertz CT molecular complexity index is 681. The molecule has 3 saturated heterocycles. The quantitative estimate of drug-likeness (QED) is 0.358. The van der Waals surface area contributed by atoms with Crippen LogP contribution in [-0.4, -0.2) is 71.4 Å². The first-order valence-electron chi connectivity index (χ1n) is 10.2. The number of fused-ring (bicyclic) bond motifs is 1. The molecule has 3 heterocycles. The van der Waals surface area contributed by atoms with Gasteiger partial charge < -0.3 is 20.7 Å². The first kappa shape index (κ1) is 23.2. The van der Waals surface area contributed by atoms with Gasteiger partial charge in [0, 0.05) is 26.1 Å². The Balaban J connectivity index is 1.48. The van der Waals surface area contributed by atoms with Gasteiger partial charge in [0.25, 0.3) is 0 Å². The van der Waals surface area contributed by atoms with E-state index in [0.717, 1.165) is 18.7 Å². The van der Waals surface area contributed by atoms with Crippen LogP contribution in [0.15, 0.2) is 0 Å². The van der Waals surface area contributed by atoms with Gasteiger partial charge in [0.15, 0.2) is 0 Å². The highest BCUT2D eigenvalue weighted by molar-refractivity contribution is 8.01. The van der Waals surface area contributed by atoms with Crippen LogP contribution in [0, 0.1) is 11.8 Å². The maximum Gasteiger partial charge on any atom is 0.413 e. The molecule has 30 heavy (non-hydrogen) atoms. The van der Waals surface area contributed by atoms with Gasteiger partial charge in [0.05, 0.1) is 23.3 Å². The maximum absolute atomic E-state index is 12.8. The van der Waals surface area contributed by atoms with Crippen molar-refractivity contribution in [3.05, 3.63) is 0 Å². The lowest BCUT2D eigenvalue weighted by Crippen LogP contribution is -2.52. The molecule has 168 valence electrons. The molecule has 5 N–H and O–H groups in total. The molecule has 3 aliphatic rings. The third-order valence-corrected chi connectivity index (χ3v) is 7.99.